The number of imidazole rings is 1. The molecular formula is C29H32N6O2. The van der Waals surface area contributed by atoms with E-state index in [-0.39, 0.29) is 11.9 Å². The Kier molecular flexibility index (Phi) is 7.97. The summed E-state index contributed by atoms with van der Waals surface area (Å²) in [6.07, 6.45) is 15.5. The lowest BCUT2D eigenvalue weighted by molar-refractivity contribution is 0.0726. The van der Waals surface area contributed by atoms with Crippen LogP contribution in [0.2, 0.25) is 0 Å². The maximum Gasteiger partial charge on any atom is 0.256 e. The first kappa shape index (κ1) is 26.0. The number of carbonyl (C=O) groups is 1. The normalized spacial score (nSPS) is 16.2. The Morgan fingerprint density at radius 2 is 1.84 bits per heavy atom. The van der Waals surface area contributed by atoms with Crippen molar-refractivity contribution in [2.45, 2.75) is 44.7 Å². The van der Waals surface area contributed by atoms with E-state index >= 15 is 0 Å². The highest BCUT2D eigenvalue weighted by molar-refractivity contribution is 6.01. The fourth-order valence-corrected chi connectivity index (χ4v) is 4.65. The number of nitrogens with zero attached hydrogens (tertiary/aromatic N) is 5. The van der Waals surface area contributed by atoms with Crippen LogP contribution in [-0.2, 0) is 0 Å². The van der Waals surface area contributed by atoms with Crippen molar-refractivity contribution in [2.24, 2.45) is 5.73 Å². The van der Waals surface area contributed by atoms with Crippen molar-refractivity contribution in [1.29, 1.82) is 0 Å². The molecular weight excluding hydrogens is 464 g/mol. The smallest absolute Gasteiger partial charge is 0.256 e. The van der Waals surface area contributed by atoms with Crippen molar-refractivity contribution in [3.8, 4) is 29.2 Å². The largest absolute Gasteiger partial charge is 0.400 e. The summed E-state index contributed by atoms with van der Waals surface area (Å²) in [5.74, 6) is 3.51. The molecule has 2 aliphatic rings. The summed E-state index contributed by atoms with van der Waals surface area (Å²) in [5.41, 5.74) is 11.0. The van der Waals surface area contributed by atoms with Crippen molar-refractivity contribution in [3.63, 3.8) is 0 Å². The van der Waals surface area contributed by atoms with Gasteiger partial charge < -0.3 is 15.7 Å². The number of rotatable bonds is 2. The van der Waals surface area contributed by atoms with Crippen molar-refractivity contribution in [1.82, 2.24) is 24.4 Å². The van der Waals surface area contributed by atoms with Gasteiger partial charge in [-0.15, -0.1) is 6.42 Å². The van der Waals surface area contributed by atoms with E-state index in [4.69, 9.17) is 22.2 Å². The number of benzene rings is 2. The predicted molar refractivity (Wildman–Crippen MR) is 145 cm³/mol. The monoisotopic (exact) mass is 496 g/mol. The van der Waals surface area contributed by atoms with Crippen LogP contribution in [0.1, 0.15) is 60.4 Å². The van der Waals surface area contributed by atoms with Gasteiger partial charge >= 0.3 is 0 Å². The molecule has 3 N–H and O–H groups in total. The number of hydrogen-bond donors (Lipinski definition) is 2. The molecule has 8 heteroatoms. The Hall–Kier alpha value is -4.06. The van der Waals surface area contributed by atoms with Gasteiger partial charge in [-0.1, -0.05) is 31.4 Å². The highest BCUT2D eigenvalue weighted by Gasteiger charge is 2.34. The first-order valence-corrected chi connectivity index (χ1v) is 12.4. The number of aliphatic hydroxyl groups is 1. The Morgan fingerprint density at radius 3 is 2.43 bits per heavy atom. The molecule has 6 rings (SSSR count). The molecule has 2 aromatic heterocycles. The third kappa shape index (κ3) is 4.84. The number of hydrogen-bond acceptors (Lipinski definition) is 6. The molecule has 0 bridgehead atoms. The standard InChI is InChI=1S/C24H19N5O.C4H9N.CH4O/c1-4-15-7-6-8-18-22(15)29-21-11-16(17-12-25-14-26-13-17)9-10-19(21)27-23(29)20(5-2)28(3)24(18)30;5-4-2-1-3-4;1-2/h1,6-14,20H,5H2,2-3H3;4H,1-3,5H2;2H,1H3. The van der Waals surface area contributed by atoms with Gasteiger partial charge in [-0.2, -0.15) is 0 Å². The summed E-state index contributed by atoms with van der Waals surface area (Å²) in [5, 5.41) is 7.00. The van der Waals surface area contributed by atoms with Gasteiger partial charge in [-0.05, 0) is 49.1 Å². The van der Waals surface area contributed by atoms with Gasteiger partial charge in [0.05, 0.1) is 28.3 Å². The van der Waals surface area contributed by atoms with Crippen molar-refractivity contribution < 1.29 is 9.90 Å². The summed E-state index contributed by atoms with van der Waals surface area (Å²) < 4.78 is 2.06. The molecule has 2 aromatic carbocycles. The van der Waals surface area contributed by atoms with Crippen molar-refractivity contribution in [3.05, 3.63) is 72.1 Å². The van der Waals surface area contributed by atoms with Gasteiger partial charge in [0.2, 0.25) is 0 Å². The minimum atomic E-state index is -0.161. The molecule has 1 aliphatic heterocycles. The lowest BCUT2D eigenvalue weighted by Crippen LogP contribution is -2.30. The Balaban J connectivity index is 0.000000403. The molecule has 4 aromatic rings. The van der Waals surface area contributed by atoms with Crippen LogP contribution >= 0.6 is 0 Å². The van der Waals surface area contributed by atoms with E-state index in [9.17, 15) is 4.79 Å². The molecule has 1 unspecified atom stereocenters. The zero-order valence-corrected chi connectivity index (χ0v) is 21.4. The molecule has 1 atom stereocenters. The van der Waals surface area contributed by atoms with Crippen molar-refractivity contribution >= 4 is 16.9 Å². The Bertz CT molecular complexity index is 1440. The molecule has 8 nitrogen and oxygen atoms in total. The fourth-order valence-electron chi connectivity index (χ4n) is 4.65. The van der Waals surface area contributed by atoms with E-state index in [0.717, 1.165) is 41.5 Å². The minimum absolute atomic E-state index is 0.0554. The number of aliphatic hydroxyl groups excluding tert-OH is 1. The third-order valence-corrected chi connectivity index (χ3v) is 6.84. The molecule has 190 valence electrons. The average molecular weight is 497 g/mol. The van der Waals surface area contributed by atoms with E-state index in [2.05, 4.69) is 33.4 Å². The molecule has 0 saturated heterocycles. The van der Waals surface area contributed by atoms with Gasteiger partial charge in [0, 0.05) is 43.7 Å². The van der Waals surface area contributed by atoms with Crippen LogP contribution in [0.25, 0.3) is 27.8 Å². The van der Waals surface area contributed by atoms with Crippen LogP contribution in [0.3, 0.4) is 0 Å². The number of fused-ring (bicyclic) bond motifs is 5. The molecule has 37 heavy (non-hydrogen) atoms. The predicted octanol–water partition coefficient (Wildman–Crippen LogP) is 4.11. The molecule has 0 spiro atoms. The molecule has 1 aliphatic carbocycles. The number of nitrogens with two attached hydrogens (primary N) is 1. The SMILES string of the molecule is C#Cc1cccc2c1-n1c(nc3ccc(-c4cncnc4)cc31)C(CC)N(C)C2=O.CO.NC1CCC1. The molecule has 3 heterocycles. The zero-order chi connectivity index (χ0) is 26.5. The summed E-state index contributed by atoms with van der Waals surface area (Å²) >= 11 is 0. The molecule has 1 amide bonds. The highest BCUT2D eigenvalue weighted by Crippen LogP contribution is 2.37. The molecule has 0 radical (unpaired) electrons. The topological polar surface area (TPSA) is 110 Å². The van der Waals surface area contributed by atoms with Gasteiger partial charge in [-0.25, -0.2) is 15.0 Å². The van der Waals surface area contributed by atoms with Crippen LogP contribution in [0.4, 0.5) is 0 Å². The summed E-state index contributed by atoms with van der Waals surface area (Å²) in [6, 6.07) is 12.0. The number of carbonyl (C=O) groups excluding carboxylic acids is 1. The van der Waals surface area contributed by atoms with Crippen LogP contribution in [0.15, 0.2) is 55.1 Å². The second-order valence-electron chi connectivity index (χ2n) is 9.01. The third-order valence-electron chi connectivity index (χ3n) is 6.84. The first-order valence-electron chi connectivity index (χ1n) is 12.4. The summed E-state index contributed by atoms with van der Waals surface area (Å²) in [4.78, 5) is 28.2. The number of aromatic nitrogens is 4. The lowest BCUT2D eigenvalue weighted by Gasteiger charge is -2.24. The first-order chi connectivity index (χ1) is 18.0. The quantitative estimate of drug-likeness (QED) is 0.404. The summed E-state index contributed by atoms with van der Waals surface area (Å²) in [7, 11) is 2.82. The van der Waals surface area contributed by atoms with Gasteiger partial charge in [0.25, 0.3) is 5.91 Å². The van der Waals surface area contributed by atoms with E-state index in [1.807, 2.05) is 37.4 Å². The number of para-hydroxylation sites is 1. The van der Waals surface area contributed by atoms with E-state index in [1.165, 1.54) is 25.6 Å². The van der Waals surface area contributed by atoms with Crippen molar-refractivity contribution in [2.75, 3.05) is 14.2 Å². The van der Waals surface area contributed by atoms with Crippen LogP contribution in [-0.4, -0.2) is 55.6 Å². The summed E-state index contributed by atoms with van der Waals surface area (Å²) in [6.45, 7) is 2.06. The Labute approximate surface area is 217 Å². The van der Waals surface area contributed by atoms with Crippen LogP contribution < -0.4 is 5.73 Å². The zero-order valence-electron chi connectivity index (χ0n) is 21.4. The Morgan fingerprint density at radius 1 is 1.14 bits per heavy atom. The van der Waals surface area contributed by atoms with Gasteiger partial charge in [0.15, 0.2) is 0 Å². The number of amides is 1. The van der Waals surface area contributed by atoms with Gasteiger partial charge in [0.1, 0.15) is 12.2 Å². The fraction of sp³-hybridized carbons (Fsp3) is 0.310. The second-order valence-corrected chi connectivity index (χ2v) is 9.01. The number of terminal acetylenes is 1. The second kappa shape index (κ2) is 11.3. The van der Waals surface area contributed by atoms with Crippen LogP contribution in [0.5, 0.6) is 0 Å². The maximum absolute atomic E-state index is 13.3. The van der Waals surface area contributed by atoms with E-state index in [0.29, 0.717) is 22.9 Å². The van der Waals surface area contributed by atoms with Crippen LogP contribution in [0, 0.1) is 12.3 Å². The lowest BCUT2D eigenvalue weighted by atomic mass is 9.95. The minimum Gasteiger partial charge on any atom is -0.400 e. The molecule has 1 fully saturated rings. The molecule has 1 saturated carbocycles. The van der Waals surface area contributed by atoms with E-state index < -0.39 is 0 Å². The average Bonchev–Trinajstić information content (AvgIpc) is 3.27. The maximum atomic E-state index is 13.3. The van der Waals surface area contributed by atoms with E-state index in [1.54, 1.807) is 17.3 Å². The highest BCUT2D eigenvalue weighted by atomic mass is 16.2. The van der Waals surface area contributed by atoms with Gasteiger partial charge in [-0.3, -0.25) is 9.36 Å².